The average molecular weight is 325 g/mol. The van der Waals surface area contributed by atoms with Crippen molar-refractivity contribution in [2.75, 3.05) is 17.2 Å². The van der Waals surface area contributed by atoms with Crippen LogP contribution in [-0.4, -0.2) is 16.5 Å². The van der Waals surface area contributed by atoms with Gasteiger partial charge in [-0.2, -0.15) is 0 Å². The largest absolute Gasteiger partial charge is 0.370 e. The number of rotatable bonds is 6. The molecule has 0 saturated heterocycles. The molecule has 2 rings (SSSR count). The first-order chi connectivity index (χ1) is 10.1. The molecule has 1 aromatic carbocycles. The molecule has 0 aliphatic rings. The molecule has 112 valence electrons. The van der Waals surface area contributed by atoms with Crippen molar-refractivity contribution in [1.82, 2.24) is 9.97 Å². The molecule has 0 atom stereocenters. The van der Waals surface area contributed by atoms with Crippen LogP contribution in [0.25, 0.3) is 0 Å². The summed E-state index contributed by atoms with van der Waals surface area (Å²) >= 11 is 12.1. The molecule has 0 bridgehead atoms. The maximum absolute atomic E-state index is 6.03. The van der Waals surface area contributed by atoms with E-state index in [4.69, 9.17) is 23.2 Å². The van der Waals surface area contributed by atoms with Crippen molar-refractivity contribution in [3.05, 3.63) is 40.1 Å². The van der Waals surface area contributed by atoms with Crippen LogP contribution in [0.15, 0.2) is 24.5 Å². The van der Waals surface area contributed by atoms with Gasteiger partial charge in [0.25, 0.3) is 0 Å². The molecule has 0 aliphatic carbocycles. The minimum absolute atomic E-state index is 0.586. The highest BCUT2D eigenvalue weighted by Gasteiger charge is 2.11. The van der Waals surface area contributed by atoms with E-state index in [-0.39, 0.29) is 0 Å². The van der Waals surface area contributed by atoms with Crippen LogP contribution in [0.1, 0.15) is 25.8 Å². The Bertz CT molecular complexity index is 596. The Morgan fingerprint density at radius 3 is 2.29 bits per heavy atom. The summed E-state index contributed by atoms with van der Waals surface area (Å²) in [5, 5.41) is 7.72. The number of aromatic nitrogens is 2. The van der Waals surface area contributed by atoms with Gasteiger partial charge in [0.05, 0.1) is 0 Å². The lowest BCUT2D eigenvalue weighted by Crippen LogP contribution is -2.08. The lowest BCUT2D eigenvalue weighted by atomic mass is 10.1. The molecule has 6 heteroatoms. The van der Waals surface area contributed by atoms with E-state index in [9.17, 15) is 0 Å². The van der Waals surface area contributed by atoms with Crippen molar-refractivity contribution in [3.8, 4) is 0 Å². The number of hydrogen-bond acceptors (Lipinski definition) is 4. The highest BCUT2D eigenvalue weighted by Crippen LogP contribution is 2.28. The van der Waals surface area contributed by atoms with E-state index in [1.54, 1.807) is 12.4 Å². The maximum Gasteiger partial charge on any atom is 0.139 e. The zero-order chi connectivity index (χ0) is 15.2. The lowest BCUT2D eigenvalue weighted by Gasteiger charge is -2.14. The zero-order valence-electron chi connectivity index (χ0n) is 12.1. The highest BCUT2D eigenvalue weighted by atomic mass is 35.5. The van der Waals surface area contributed by atoms with Crippen LogP contribution in [-0.2, 0) is 6.42 Å². The molecule has 21 heavy (non-hydrogen) atoms. The smallest absolute Gasteiger partial charge is 0.139 e. The number of anilines is 3. The predicted molar refractivity (Wildman–Crippen MR) is 89.9 cm³/mol. The number of hydrogen-bond donors (Lipinski definition) is 2. The molecule has 0 unspecified atom stereocenters. The zero-order valence-corrected chi connectivity index (χ0v) is 13.6. The Morgan fingerprint density at radius 2 is 1.67 bits per heavy atom. The SMILES string of the molecule is CCCc1c(NCC)ncnc1Nc1cc(Cl)cc(Cl)c1. The van der Waals surface area contributed by atoms with E-state index in [1.165, 1.54) is 0 Å². The fourth-order valence-electron chi connectivity index (χ4n) is 2.09. The second kappa shape index (κ2) is 7.48. The van der Waals surface area contributed by atoms with Crippen molar-refractivity contribution >= 4 is 40.5 Å². The van der Waals surface area contributed by atoms with Crippen molar-refractivity contribution in [2.45, 2.75) is 26.7 Å². The van der Waals surface area contributed by atoms with E-state index in [1.807, 2.05) is 19.1 Å². The minimum atomic E-state index is 0.586. The summed E-state index contributed by atoms with van der Waals surface area (Å²) in [6.45, 7) is 4.99. The molecule has 0 spiro atoms. The van der Waals surface area contributed by atoms with Gasteiger partial charge in [-0.3, -0.25) is 0 Å². The molecule has 1 aromatic heterocycles. The molecule has 0 fully saturated rings. The first-order valence-corrected chi connectivity index (χ1v) is 7.70. The van der Waals surface area contributed by atoms with Crippen LogP contribution in [0, 0.1) is 0 Å². The van der Waals surface area contributed by atoms with E-state index in [0.717, 1.165) is 42.3 Å². The average Bonchev–Trinajstić information content (AvgIpc) is 2.41. The van der Waals surface area contributed by atoms with Crippen molar-refractivity contribution < 1.29 is 0 Å². The summed E-state index contributed by atoms with van der Waals surface area (Å²) in [7, 11) is 0. The quantitative estimate of drug-likeness (QED) is 0.792. The summed E-state index contributed by atoms with van der Waals surface area (Å²) in [5.41, 5.74) is 1.88. The van der Waals surface area contributed by atoms with Crippen molar-refractivity contribution in [1.29, 1.82) is 0 Å². The van der Waals surface area contributed by atoms with Gasteiger partial charge in [-0.05, 0) is 31.5 Å². The second-order valence-electron chi connectivity index (χ2n) is 4.61. The summed E-state index contributed by atoms with van der Waals surface area (Å²) < 4.78 is 0. The van der Waals surface area contributed by atoms with Crippen molar-refractivity contribution in [2.24, 2.45) is 0 Å². The highest BCUT2D eigenvalue weighted by molar-refractivity contribution is 6.35. The summed E-state index contributed by atoms with van der Waals surface area (Å²) in [5.74, 6) is 1.64. The molecule has 2 aromatic rings. The Hall–Kier alpha value is -1.52. The maximum atomic E-state index is 6.03. The van der Waals surface area contributed by atoms with Crippen LogP contribution in [0.3, 0.4) is 0 Å². The molecule has 0 amide bonds. The third-order valence-corrected chi connectivity index (χ3v) is 3.35. The molecule has 0 radical (unpaired) electrons. The van der Waals surface area contributed by atoms with Gasteiger partial charge in [0.15, 0.2) is 0 Å². The molecule has 0 aliphatic heterocycles. The van der Waals surface area contributed by atoms with Gasteiger partial charge in [0.2, 0.25) is 0 Å². The fourth-order valence-corrected chi connectivity index (χ4v) is 2.62. The third kappa shape index (κ3) is 4.22. The van der Waals surface area contributed by atoms with Crippen molar-refractivity contribution in [3.63, 3.8) is 0 Å². The monoisotopic (exact) mass is 324 g/mol. The summed E-state index contributed by atoms with van der Waals surface area (Å²) in [6, 6.07) is 5.33. The molecular weight excluding hydrogens is 307 g/mol. The number of halogens is 2. The van der Waals surface area contributed by atoms with E-state index >= 15 is 0 Å². The van der Waals surface area contributed by atoms with Gasteiger partial charge in [-0.1, -0.05) is 36.5 Å². The predicted octanol–water partition coefficient (Wildman–Crippen LogP) is 4.91. The summed E-state index contributed by atoms with van der Waals surface area (Å²) in [4.78, 5) is 8.66. The first kappa shape index (κ1) is 15.9. The lowest BCUT2D eigenvalue weighted by molar-refractivity contribution is 0.902. The van der Waals surface area contributed by atoms with Gasteiger partial charge in [-0.15, -0.1) is 0 Å². The number of nitrogens with zero attached hydrogens (tertiary/aromatic N) is 2. The fraction of sp³-hybridized carbons (Fsp3) is 0.333. The Kier molecular flexibility index (Phi) is 5.65. The van der Waals surface area contributed by atoms with Gasteiger partial charge in [0, 0.05) is 27.8 Å². The Labute approximate surface area is 134 Å². The van der Waals surface area contributed by atoms with Gasteiger partial charge in [-0.25, -0.2) is 9.97 Å². The van der Waals surface area contributed by atoms with Crippen LogP contribution >= 0.6 is 23.2 Å². The molecule has 1 heterocycles. The van der Waals surface area contributed by atoms with Crippen LogP contribution in [0.2, 0.25) is 10.0 Å². The first-order valence-electron chi connectivity index (χ1n) is 6.94. The van der Waals surface area contributed by atoms with Gasteiger partial charge < -0.3 is 10.6 Å². The van der Waals surface area contributed by atoms with Crippen LogP contribution < -0.4 is 10.6 Å². The molecular formula is C15H18Cl2N4. The van der Waals surface area contributed by atoms with Crippen LogP contribution in [0.5, 0.6) is 0 Å². The number of nitrogens with one attached hydrogen (secondary N) is 2. The minimum Gasteiger partial charge on any atom is -0.370 e. The van der Waals surface area contributed by atoms with Gasteiger partial charge in [0.1, 0.15) is 18.0 Å². The Balaban J connectivity index is 2.35. The third-order valence-electron chi connectivity index (χ3n) is 2.91. The Morgan fingerprint density at radius 1 is 1.00 bits per heavy atom. The topological polar surface area (TPSA) is 49.8 Å². The van der Waals surface area contributed by atoms with E-state index in [0.29, 0.717) is 10.0 Å². The van der Waals surface area contributed by atoms with E-state index < -0.39 is 0 Å². The molecule has 0 saturated carbocycles. The standard InChI is InChI=1S/C15H18Cl2N4/c1-3-5-13-14(18-4-2)19-9-20-15(13)21-12-7-10(16)6-11(17)8-12/h6-9H,3-5H2,1-2H3,(H2,18,19,20,21). The summed E-state index contributed by atoms with van der Waals surface area (Å²) in [6.07, 6.45) is 3.45. The molecule has 2 N–H and O–H groups in total. The normalized spacial score (nSPS) is 10.5. The van der Waals surface area contributed by atoms with Crippen LogP contribution in [0.4, 0.5) is 17.3 Å². The van der Waals surface area contributed by atoms with E-state index in [2.05, 4.69) is 27.5 Å². The second-order valence-corrected chi connectivity index (χ2v) is 5.49. The molecule has 4 nitrogen and oxygen atoms in total. The van der Waals surface area contributed by atoms with Gasteiger partial charge >= 0.3 is 0 Å². The number of benzene rings is 1.